The predicted molar refractivity (Wildman–Crippen MR) is 156 cm³/mol. The van der Waals surface area contributed by atoms with Crippen molar-refractivity contribution >= 4 is 35.3 Å². The maximum Gasteiger partial charge on any atom is 0.416 e. The molecule has 0 spiro atoms. The summed E-state index contributed by atoms with van der Waals surface area (Å²) in [7, 11) is 0. The number of rotatable bonds is 7. The van der Waals surface area contributed by atoms with Crippen LogP contribution in [-0.2, 0) is 23.9 Å². The summed E-state index contributed by atoms with van der Waals surface area (Å²) in [5.74, 6) is -0.508. The van der Waals surface area contributed by atoms with Crippen molar-refractivity contribution in [2.24, 2.45) is 0 Å². The molecule has 0 atom stereocenters. The fraction of sp³-hybridized carbons (Fsp3) is 0.379. The van der Waals surface area contributed by atoms with Gasteiger partial charge in [-0.25, -0.2) is 9.97 Å². The molecule has 236 valence electrons. The van der Waals surface area contributed by atoms with Gasteiger partial charge in [0.2, 0.25) is 11.7 Å². The Balaban J connectivity index is 1.43. The number of benzene rings is 1. The minimum absolute atomic E-state index is 0.0105. The predicted octanol–water partition coefficient (Wildman–Crippen LogP) is 2.60. The molecule has 0 radical (unpaired) electrons. The molecule has 1 fully saturated rings. The van der Waals surface area contributed by atoms with Crippen molar-refractivity contribution in [2.75, 3.05) is 36.4 Å². The lowest BCUT2D eigenvalue weighted by Crippen LogP contribution is -2.51. The lowest BCUT2D eigenvalue weighted by atomic mass is 10.1. The van der Waals surface area contributed by atoms with Crippen LogP contribution in [0.15, 0.2) is 29.3 Å². The third kappa shape index (κ3) is 5.99. The number of hydrogen-bond donors (Lipinski definition) is 1. The molecule has 2 amide bonds. The van der Waals surface area contributed by atoms with Crippen LogP contribution in [0.3, 0.4) is 0 Å². The largest absolute Gasteiger partial charge is 0.416 e. The molecule has 1 aromatic carbocycles. The Morgan fingerprint density at radius 2 is 1.78 bits per heavy atom. The number of piperazine rings is 1. The first-order valence-corrected chi connectivity index (χ1v) is 14.1. The van der Waals surface area contributed by atoms with Crippen LogP contribution in [0.5, 0.6) is 0 Å². The van der Waals surface area contributed by atoms with E-state index in [0.29, 0.717) is 35.6 Å². The molecule has 0 saturated carbocycles. The van der Waals surface area contributed by atoms with Gasteiger partial charge < -0.3 is 19.7 Å². The summed E-state index contributed by atoms with van der Waals surface area (Å²) >= 11 is 0. The second-order valence-corrected chi connectivity index (χ2v) is 10.6. The molecule has 1 N–H and O–H groups in total. The third-order valence-corrected chi connectivity index (χ3v) is 7.68. The zero-order valence-corrected chi connectivity index (χ0v) is 25.0. The van der Waals surface area contributed by atoms with Gasteiger partial charge in [-0.05, 0) is 51.0 Å². The molecule has 1 saturated heterocycles. The molecular formula is C29H30F3N9O4. The average Bonchev–Trinajstić information content (AvgIpc) is 3.40. The minimum Gasteiger partial charge on any atom is -0.362 e. The zero-order valence-electron chi connectivity index (χ0n) is 25.0. The summed E-state index contributed by atoms with van der Waals surface area (Å²) in [4.78, 5) is 67.6. The molecule has 1 aliphatic heterocycles. The number of aryl methyl sites for hydroxylation is 3. The number of nitrogens with one attached hydrogen (secondary N) is 1. The van der Waals surface area contributed by atoms with E-state index in [2.05, 4.69) is 25.4 Å². The van der Waals surface area contributed by atoms with Gasteiger partial charge in [-0.3, -0.25) is 19.2 Å². The number of alkyl halides is 3. The third-order valence-electron chi connectivity index (χ3n) is 7.68. The van der Waals surface area contributed by atoms with Crippen molar-refractivity contribution in [3.05, 3.63) is 74.5 Å². The summed E-state index contributed by atoms with van der Waals surface area (Å²) in [5.41, 5.74) is 0.530. The number of aldehydes is 1. The normalized spacial score (nSPS) is 13.8. The summed E-state index contributed by atoms with van der Waals surface area (Å²) < 4.78 is 42.1. The summed E-state index contributed by atoms with van der Waals surface area (Å²) in [5, 5.41) is 6.91. The smallest absolute Gasteiger partial charge is 0.362 e. The number of hydrogen-bond acceptors (Lipinski definition) is 9. The van der Waals surface area contributed by atoms with Crippen LogP contribution in [0.4, 0.5) is 24.5 Å². The Kier molecular flexibility index (Phi) is 8.40. The van der Waals surface area contributed by atoms with E-state index >= 15 is 0 Å². The fourth-order valence-electron chi connectivity index (χ4n) is 5.42. The van der Waals surface area contributed by atoms with Crippen LogP contribution in [0, 0.1) is 20.8 Å². The van der Waals surface area contributed by atoms with Crippen molar-refractivity contribution in [2.45, 2.75) is 46.8 Å². The standard InChI is InChI=1S/C29H30F3N9O4/c1-5-22-25(38-8-10-39(11-9-38)26(44)24-20(14-42)17(3)33-15-34-24)27(45)41-28(35-18(4)37-41)40(22)13-23(43)36-21-7-6-19(12-16(21)2)29(30,31)32/h6-7,12,14-15H,5,8-11,13H2,1-4H3,(H,36,43). The molecule has 16 heteroatoms. The number of carbonyl (C=O) groups is 3. The van der Waals surface area contributed by atoms with Crippen molar-refractivity contribution in [1.29, 1.82) is 0 Å². The number of aromatic nitrogens is 6. The molecule has 45 heavy (non-hydrogen) atoms. The highest BCUT2D eigenvalue weighted by Gasteiger charge is 2.32. The second kappa shape index (κ2) is 12.1. The fourth-order valence-corrected chi connectivity index (χ4v) is 5.42. The van der Waals surface area contributed by atoms with E-state index in [9.17, 15) is 32.3 Å². The van der Waals surface area contributed by atoms with Gasteiger partial charge in [0.05, 0.1) is 22.5 Å². The number of carbonyl (C=O) groups excluding carboxylic acids is 3. The van der Waals surface area contributed by atoms with Crippen molar-refractivity contribution < 1.29 is 27.6 Å². The number of halogens is 3. The van der Waals surface area contributed by atoms with Gasteiger partial charge in [-0.15, -0.1) is 5.10 Å². The zero-order chi connectivity index (χ0) is 32.6. The van der Waals surface area contributed by atoms with Crippen LogP contribution in [0.1, 0.15) is 56.1 Å². The maximum atomic E-state index is 13.7. The van der Waals surface area contributed by atoms with Crippen LogP contribution in [0.2, 0.25) is 0 Å². The van der Waals surface area contributed by atoms with Crippen molar-refractivity contribution in [3.63, 3.8) is 0 Å². The van der Waals surface area contributed by atoms with E-state index in [1.807, 2.05) is 11.8 Å². The Hall–Kier alpha value is -5.15. The van der Waals surface area contributed by atoms with Gasteiger partial charge in [-0.1, -0.05) is 6.92 Å². The lowest BCUT2D eigenvalue weighted by Gasteiger charge is -2.36. The van der Waals surface area contributed by atoms with E-state index < -0.39 is 29.1 Å². The van der Waals surface area contributed by atoms with Gasteiger partial charge in [-0.2, -0.15) is 22.7 Å². The second-order valence-electron chi connectivity index (χ2n) is 10.6. The van der Waals surface area contributed by atoms with Crippen LogP contribution in [-0.4, -0.2) is 78.3 Å². The number of anilines is 2. The van der Waals surface area contributed by atoms with Crippen molar-refractivity contribution in [1.82, 2.24) is 34.0 Å². The molecule has 4 aromatic rings. The monoisotopic (exact) mass is 625 g/mol. The first kappa shape index (κ1) is 31.3. The molecule has 0 aliphatic carbocycles. The molecule has 0 bridgehead atoms. The number of amides is 2. The lowest BCUT2D eigenvalue weighted by molar-refractivity contribution is -0.137. The topological polar surface area (TPSA) is 148 Å². The molecule has 4 heterocycles. The summed E-state index contributed by atoms with van der Waals surface area (Å²) in [6.45, 7) is 7.22. The molecule has 5 rings (SSSR count). The Morgan fingerprint density at radius 1 is 1.07 bits per heavy atom. The van der Waals surface area contributed by atoms with E-state index in [-0.39, 0.29) is 61.0 Å². The van der Waals surface area contributed by atoms with E-state index in [0.717, 1.165) is 16.6 Å². The molecule has 3 aromatic heterocycles. The average molecular weight is 626 g/mol. The summed E-state index contributed by atoms with van der Waals surface area (Å²) in [6, 6.07) is 3.06. The van der Waals surface area contributed by atoms with E-state index in [1.165, 1.54) is 19.3 Å². The quantitative estimate of drug-likeness (QED) is 0.306. The maximum absolute atomic E-state index is 13.7. The van der Waals surface area contributed by atoms with Crippen LogP contribution < -0.4 is 15.8 Å². The van der Waals surface area contributed by atoms with Gasteiger partial charge in [0.1, 0.15) is 30.1 Å². The molecule has 0 unspecified atom stereocenters. The SMILES string of the molecule is CCc1c(N2CCN(C(=O)c3ncnc(C)c3C=O)CC2)c(=O)n2nc(C)nc2n1CC(=O)Nc1ccc(C(F)(F)F)cc1C. The number of nitrogens with zero attached hydrogens (tertiary/aromatic N) is 8. The summed E-state index contributed by atoms with van der Waals surface area (Å²) in [6.07, 6.45) is -2.40. The van der Waals surface area contributed by atoms with Gasteiger partial charge in [0.15, 0.2) is 6.29 Å². The highest BCUT2D eigenvalue weighted by molar-refractivity contribution is 6.00. The molecule has 1 aliphatic rings. The highest BCUT2D eigenvalue weighted by Crippen LogP contribution is 2.31. The first-order chi connectivity index (χ1) is 21.3. The van der Waals surface area contributed by atoms with Crippen LogP contribution >= 0.6 is 0 Å². The van der Waals surface area contributed by atoms with Gasteiger partial charge in [0, 0.05) is 31.9 Å². The molecular weight excluding hydrogens is 595 g/mol. The Morgan fingerprint density at radius 3 is 2.40 bits per heavy atom. The Labute approximate surface area is 254 Å². The molecule has 13 nitrogen and oxygen atoms in total. The Bertz CT molecular complexity index is 1880. The number of fused-ring (bicyclic) bond motifs is 1. The first-order valence-electron chi connectivity index (χ1n) is 14.1. The van der Waals surface area contributed by atoms with E-state index in [1.54, 1.807) is 23.3 Å². The van der Waals surface area contributed by atoms with Crippen LogP contribution in [0.25, 0.3) is 5.78 Å². The minimum atomic E-state index is -4.51. The van der Waals surface area contributed by atoms with E-state index in [4.69, 9.17) is 0 Å². The van der Waals surface area contributed by atoms with Gasteiger partial charge >= 0.3 is 6.18 Å². The van der Waals surface area contributed by atoms with Gasteiger partial charge in [0.25, 0.3) is 11.5 Å². The van der Waals surface area contributed by atoms with Crippen molar-refractivity contribution in [3.8, 4) is 0 Å². The highest BCUT2D eigenvalue weighted by atomic mass is 19.4.